The number of carboxylic acids is 1. The maximum Gasteiger partial charge on any atom is 0.335 e. The van der Waals surface area contributed by atoms with Crippen LogP contribution in [0.4, 0.5) is 0 Å². The molecule has 0 aromatic heterocycles. The Morgan fingerprint density at radius 3 is 2.10 bits per heavy atom. The average molecular weight is 397 g/mol. The number of carboxylic acid groups (broad SMARTS) is 1. The number of carbonyl (C=O) groups excluding carboxylic acids is 1. The van der Waals surface area contributed by atoms with Crippen molar-refractivity contribution in [1.29, 1.82) is 0 Å². The zero-order valence-electron chi connectivity index (χ0n) is 16.6. The second-order valence-electron chi connectivity index (χ2n) is 7.10. The summed E-state index contributed by atoms with van der Waals surface area (Å²) in [4.78, 5) is 27.8. The van der Waals surface area contributed by atoms with Gasteiger partial charge < -0.3 is 15.2 Å². The minimum atomic E-state index is -0.899. The Morgan fingerprint density at radius 1 is 0.931 bits per heavy atom. The lowest BCUT2D eigenvalue weighted by molar-refractivity contribution is 0.0696. The highest BCUT2D eigenvalue weighted by Gasteiger charge is 2.17. The van der Waals surface area contributed by atoms with E-state index in [-0.39, 0.29) is 5.91 Å². The molecule has 2 N–H and O–H groups in total. The summed E-state index contributed by atoms with van der Waals surface area (Å²) in [6.45, 7) is 6.06. The molecule has 7 nitrogen and oxygen atoms in total. The van der Waals surface area contributed by atoms with Crippen molar-refractivity contribution in [2.45, 2.75) is 6.54 Å². The number of carbonyl (C=O) groups is 2. The molecule has 0 spiro atoms. The Kier molecular flexibility index (Phi) is 7.21. The first-order valence-corrected chi connectivity index (χ1v) is 9.74. The van der Waals surface area contributed by atoms with Crippen molar-refractivity contribution in [1.82, 2.24) is 15.1 Å². The predicted octanol–water partition coefficient (Wildman–Crippen LogP) is 1.94. The van der Waals surface area contributed by atoms with Gasteiger partial charge in [-0.05, 0) is 42.0 Å². The second-order valence-corrected chi connectivity index (χ2v) is 7.10. The SMILES string of the molecule is COc1ccc(C(=O)NCCN2CCN(Cc3ccc(C(=O)O)cc3)CC2)cc1. The Labute approximate surface area is 170 Å². The van der Waals surface area contributed by atoms with Crippen molar-refractivity contribution in [3.8, 4) is 5.75 Å². The molecule has 0 unspecified atom stereocenters. The highest BCUT2D eigenvalue weighted by molar-refractivity contribution is 5.94. The molecule has 0 atom stereocenters. The summed E-state index contributed by atoms with van der Waals surface area (Å²) < 4.78 is 5.10. The highest BCUT2D eigenvalue weighted by Crippen LogP contribution is 2.12. The minimum absolute atomic E-state index is 0.0731. The van der Waals surface area contributed by atoms with Gasteiger partial charge in [0.2, 0.25) is 0 Å². The summed E-state index contributed by atoms with van der Waals surface area (Å²) in [5.74, 6) is -0.238. The fourth-order valence-electron chi connectivity index (χ4n) is 3.35. The van der Waals surface area contributed by atoms with E-state index in [0.29, 0.717) is 17.7 Å². The first kappa shape index (κ1) is 20.8. The van der Waals surface area contributed by atoms with E-state index in [9.17, 15) is 9.59 Å². The second kappa shape index (κ2) is 10.0. The number of amides is 1. The molecule has 29 heavy (non-hydrogen) atoms. The number of ether oxygens (including phenoxy) is 1. The molecule has 2 aromatic carbocycles. The maximum atomic E-state index is 12.2. The van der Waals surface area contributed by atoms with Crippen molar-refractivity contribution in [3.05, 3.63) is 65.2 Å². The van der Waals surface area contributed by atoms with E-state index in [1.54, 1.807) is 43.5 Å². The lowest BCUT2D eigenvalue weighted by Gasteiger charge is -2.34. The quantitative estimate of drug-likeness (QED) is 0.709. The van der Waals surface area contributed by atoms with E-state index >= 15 is 0 Å². The molecule has 1 heterocycles. The number of methoxy groups -OCH3 is 1. The standard InChI is InChI=1S/C22H27N3O4/c1-29-20-8-6-18(7-9-20)21(26)23-10-11-24-12-14-25(15-13-24)16-17-2-4-19(5-3-17)22(27)28/h2-9H,10-16H2,1H3,(H,23,26)(H,27,28). The zero-order valence-corrected chi connectivity index (χ0v) is 16.6. The van der Waals surface area contributed by atoms with Gasteiger partial charge >= 0.3 is 5.97 Å². The fraction of sp³-hybridized carbons (Fsp3) is 0.364. The third-order valence-corrected chi connectivity index (χ3v) is 5.14. The molecule has 0 radical (unpaired) electrons. The van der Waals surface area contributed by atoms with Crippen molar-refractivity contribution in [2.75, 3.05) is 46.4 Å². The Hall–Kier alpha value is -2.90. The maximum absolute atomic E-state index is 12.2. The van der Waals surface area contributed by atoms with Crippen LogP contribution in [-0.4, -0.2) is 73.2 Å². The molecule has 0 saturated carbocycles. The number of nitrogens with one attached hydrogen (secondary N) is 1. The molecule has 1 amide bonds. The molecule has 1 fully saturated rings. The van der Waals surface area contributed by atoms with Gasteiger partial charge in [-0.25, -0.2) is 4.79 Å². The molecular formula is C22H27N3O4. The van der Waals surface area contributed by atoms with Crippen molar-refractivity contribution >= 4 is 11.9 Å². The van der Waals surface area contributed by atoms with Crippen LogP contribution >= 0.6 is 0 Å². The summed E-state index contributed by atoms with van der Waals surface area (Å²) in [7, 11) is 1.60. The normalized spacial score (nSPS) is 15.1. The average Bonchev–Trinajstić information content (AvgIpc) is 2.75. The van der Waals surface area contributed by atoms with Gasteiger partial charge in [0.15, 0.2) is 0 Å². The number of piperazine rings is 1. The van der Waals surface area contributed by atoms with E-state index in [0.717, 1.165) is 50.6 Å². The van der Waals surface area contributed by atoms with Gasteiger partial charge in [0.05, 0.1) is 12.7 Å². The van der Waals surface area contributed by atoms with Crippen molar-refractivity contribution < 1.29 is 19.4 Å². The van der Waals surface area contributed by atoms with Gasteiger partial charge in [0.1, 0.15) is 5.75 Å². The molecule has 1 aliphatic heterocycles. The summed E-state index contributed by atoms with van der Waals surface area (Å²) in [5, 5.41) is 11.9. The number of benzene rings is 2. The van der Waals surface area contributed by atoms with Crippen molar-refractivity contribution in [2.24, 2.45) is 0 Å². The minimum Gasteiger partial charge on any atom is -0.497 e. The van der Waals surface area contributed by atoms with Crippen LogP contribution < -0.4 is 10.1 Å². The highest BCUT2D eigenvalue weighted by atomic mass is 16.5. The smallest absolute Gasteiger partial charge is 0.335 e. The van der Waals surface area contributed by atoms with E-state index in [2.05, 4.69) is 15.1 Å². The molecule has 0 bridgehead atoms. The molecule has 7 heteroatoms. The lowest BCUT2D eigenvalue weighted by atomic mass is 10.1. The van der Waals surface area contributed by atoms with Crippen LogP contribution in [0.15, 0.2) is 48.5 Å². The number of rotatable bonds is 8. The van der Waals surface area contributed by atoms with Gasteiger partial charge in [-0.2, -0.15) is 0 Å². The lowest BCUT2D eigenvalue weighted by Crippen LogP contribution is -2.48. The van der Waals surface area contributed by atoms with Crippen LogP contribution in [0, 0.1) is 0 Å². The topological polar surface area (TPSA) is 82.1 Å². The molecule has 1 saturated heterocycles. The van der Waals surface area contributed by atoms with Gasteiger partial charge in [0.25, 0.3) is 5.91 Å². The summed E-state index contributed by atoms with van der Waals surface area (Å²) >= 11 is 0. The number of hydrogen-bond acceptors (Lipinski definition) is 5. The van der Waals surface area contributed by atoms with Crippen LogP contribution in [0.25, 0.3) is 0 Å². The van der Waals surface area contributed by atoms with E-state index in [4.69, 9.17) is 9.84 Å². The van der Waals surface area contributed by atoms with Crippen LogP contribution in [0.5, 0.6) is 5.75 Å². The summed E-state index contributed by atoms with van der Waals surface area (Å²) in [5.41, 5.74) is 2.06. The monoisotopic (exact) mass is 397 g/mol. The van der Waals surface area contributed by atoms with Crippen LogP contribution in [-0.2, 0) is 6.54 Å². The van der Waals surface area contributed by atoms with Crippen LogP contribution in [0.2, 0.25) is 0 Å². The first-order chi connectivity index (χ1) is 14.0. The summed E-state index contributed by atoms with van der Waals surface area (Å²) in [6, 6.07) is 14.1. The Morgan fingerprint density at radius 2 is 1.52 bits per heavy atom. The zero-order chi connectivity index (χ0) is 20.6. The molecule has 2 aromatic rings. The van der Waals surface area contributed by atoms with Crippen molar-refractivity contribution in [3.63, 3.8) is 0 Å². The Balaban J connectivity index is 1.36. The first-order valence-electron chi connectivity index (χ1n) is 9.74. The number of hydrogen-bond donors (Lipinski definition) is 2. The molecule has 0 aliphatic carbocycles. The summed E-state index contributed by atoms with van der Waals surface area (Å²) in [6.07, 6.45) is 0. The molecular weight excluding hydrogens is 370 g/mol. The fourth-order valence-corrected chi connectivity index (χ4v) is 3.35. The third-order valence-electron chi connectivity index (χ3n) is 5.14. The van der Waals surface area contributed by atoms with E-state index in [1.807, 2.05) is 12.1 Å². The molecule has 3 rings (SSSR count). The number of aromatic carboxylic acids is 1. The van der Waals surface area contributed by atoms with Gasteiger partial charge in [-0.3, -0.25) is 14.6 Å². The molecule has 1 aliphatic rings. The predicted molar refractivity (Wildman–Crippen MR) is 110 cm³/mol. The van der Waals surface area contributed by atoms with Crippen LogP contribution in [0.1, 0.15) is 26.3 Å². The Bertz CT molecular complexity index is 813. The van der Waals surface area contributed by atoms with Gasteiger partial charge in [0, 0.05) is 51.4 Å². The molecule has 154 valence electrons. The largest absolute Gasteiger partial charge is 0.497 e. The van der Waals surface area contributed by atoms with Gasteiger partial charge in [-0.1, -0.05) is 12.1 Å². The van der Waals surface area contributed by atoms with Crippen LogP contribution in [0.3, 0.4) is 0 Å². The number of nitrogens with zero attached hydrogens (tertiary/aromatic N) is 2. The van der Waals surface area contributed by atoms with Gasteiger partial charge in [-0.15, -0.1) is 0 Å². The van der Waals surface area contributed by atoms with E-state index < -0.39 is 5.97 Å². The third kappa shape index (κ3) is 6.04. The van der Waals surface area contributed by atoms with E-state index in [1.165, 1.54) is 0 Å².